The molecular formula is C13H17ClN2O3S. The molecule has 0 radical (unpaired) electrons. The Hall–Kier alpha value is -1.01. The predicted molar refractivity (Wildman–Crippen MR) is 75.4 cm³/mol. The van der Waals surface area contributed by atoms with Crippen LogP contribution in [0.1, 0.15) is 48.6 Å². The van der Waals surface area contributed by atoms with E-state index in [1.165, 1.54) is 18.7 Å². The third-order valence-electron chi connectivity index (χ3n) is 4.05. The third-order valence-corrected chi connectivity index (χ3v) is 5.37. The van der Waals surface area contributed by atoms with Crippen LogP contribution in [0.4, 0.5) is 0 Å². The molecule has 1 heterocycles. The van der Waals surface area contributed by atoms with E-state index in [0.717, 1.165) is 25.7 Å². The monoisotopic (exact) mass is 316 g/mol. The number of hydrogen-bond donors (Lipinski definition) is 1. The van der Waals surface area contributed by atoms with Gasteiger partial charge in [-0.2, -0.15) is 0 Å². The summed E-state index contributed by atoms with van der Waals surface area (Å²) < 4.78 is 24.6. The van der Waals surface area contributed by atoms with Crippen LogP contribution < -0.4 is 5.32 Å². The van der Waals surface area contributed by atoms with Crippen molar-refractivity contribution in [3.8, 4) is 0 Å². The molecule has 0 aliphatic heterocycles. The highest BCUT2D eigenvalue weighted by molar-refractivity contribution is 8.13. The number of amides is 1. The van der Waals surface area contributed by atoms with Gasteiger partial charge in [-0.25, -0.2) is 8.42 Å². The van der Waals surface area contributed by atoms with E-state index in [9.17, 15) is 13.2 Å². The Kier molecular flexibility index (Phi) is 3.54. The number of nitrogens with one attached hydrogen (secondary N) is 1. The van der Waals surface area contributed by atoms with E-state index in [-0.39, 0.29) is 16.8 Å². The summed E-state index contributed by atoms with van der Waals surface area (Å²) in [5.74, 6) is 0.356. The molecule has 1 N–H and O–H groups in total. The average molecular weight is 317 g/mol. The first-order valence-corrected chi connectivity index (χ1v) is 9.21. The van der Waals surface area contributed by atoms with Crippen LogP contribution >= 0.6 is 10.7 Å². The van der Waals surface area contributed by atoms with Crippen molar-refractivity contribution < 1.29 is 13.2 Å². The molecule has 0 unspecified atom stereocenters. The Morgan fingerprint density at radius 2 is 2.05 bits per heavy atom. The summed E-state index contributed by atoms with van der Waals surface area (Å²) in [5, 5.41) is 2.89. The lowest BCUT2D eigenvalue weighted by atomic mass is 9.85. The standard InChI is InChI=1S/C13H17ClN2O3S/c14-20(18,19)11-6-12(16(8-11)10-4-5-10)13(17)15-7-9-2-1-3-9/h6,8-10H,1-5,7H2,(H,15,17). The van der Waals surface area contributed by atoms with Crippen molar-refractivity contribution in [3.05, 3.63) is 18.0 Å². The van der Waals surface area contributed by atoms with Gasteiger partial charge < -0.3 is 9.88 Å². The summed E-state index contributed by atoms with van der Waals surface area (Å²) in [4.78, 5) is 12.2. The lowest BCUT2D eigenvalue weighted by Crippen LogP contribution is -2.33. The van der Waals surface area contributed by atoms with Crippen molar-refractivity contribution in [1.82, 2.24) is 9.88 Å². The molecule has 0 saturated heterocycles. The quantitative estimate of drug-likeness (QED) is 0.847. The minimum atomic E-state index is -3.80. The minimum absolute atomic E-state index is 0.000129. The molecule has 0 atom stereocenters. The third kappa shape index (κ3) is 2.86. The molecule has 1 aromatic heterocycles. The molecule has 2 aliphatic rings. The summed E-state index contributed by atoms with van der Waals surface area (Å²) in [6.45, 7) is 0.664. The van der Waals surface area contributed by atoms with Gasteiger partial charge >= 0.3 is 0 Å². The normalized spacial score (nSPS) is 19.6. The van der Waals surface area contributed by atoms with Crippen molar-refractivity contribution in [2.75, 3.05) is 6.54 Å². The number of halogens is 1. The van der Waals surface area contributed by atoms with Crippen LogP contribution in [-0.4, -0.2) is 25.4 Å². The second-order valence-electron chi connectivity index (χ2n) is 5.64. The molecule has 5 nitrogen and oxygen atoms in total. The molecule has 1 aromatic rings. The van der Waals surface area contributed by atoms with E-state index in [0.29, 0.717) is 18.2 Å². The molecule has 2 saturated carbocycles. The minimum Gasteiger partial charge on any atom is -0.350 e. The Morgan fingerprint density at radius 1 is 1.35 bits per heavy atom. The number of hydrogen-bond acceptors (Lipinski definition) is 3. The predicted octanol–water partition coefficient (Wildman–Crippen LogP) is 2.28. The van der Waals surface area contributed by atoms with Crippen LogP contribution in [0, 0.1) is 5.92 Å². The second kappa shape index (κ2) is 5.07. The Bertz CT molecular complexity index is 630. The van der Waals surface area contributed by atoms with Gasteiger partial charge in [0.15, 0.2) is 0 Å². The summed E-state index contributed by atoms with van der Waals surface area (Å²) in [6.07, 6.45) is 6.96. The second-order valence-corrected chi connectivity index (χ2v) is 8.21. The summed E-state index contributed by atoms with van der Waals surface area (Å²) in [6, 6.07) is 1.60. The maximum Gasteiger partial charge on any atom is 0.267 e. The van der Waals surface area contributed by atoms with Gasteiger partial charge in [-0.05, 0) is 37.7 Å². The van der Waals surface area contributed by atoms with Crippen LogP contribution in [-0.2, 0) is 9.05 Å². The Labute approximate surface area is 122 Å². The molecule has 2 aliphatic carbocycles. The van der Waals surface area contributed by atoms with E-state index in [4.69, 9.17) is 10.7 Å². The van der Waals surface area contributed by atoms with Crippen molar-refractivity contribution >= 4 is 25.6 Å². The van der Waals surface area contributed by atoms with Gasteiger partial charge in [0.05, 0.1) is 0 Å². The van der Waals surface area contributed by atoms with Crippen molar-refractivity contribution in [1.29, 1.82) is 0 Å². The van der Waals surface area contributed by atoms with E-state index < -0.39 is 9.05 Å². The lowest BCUT2D eigenvalue weighted by molar-refractivity contribution is 0.0929. The first-order valence-electron chi connectivity index (χ1n) is 6.90. The first kappa shape index (κ1) is 13.9. The van der Waals surface area contributed by atoms with E-state index in [1.807, 2.05) is 0 Å². The fourth-order valence-electron chi connectivity index (χ4n) is 2.45. The zero-order valence-electron chi connectivity index (χ0n) is 11.0. The largest absolute Gasteiger partial charge is 0.350 e. The number of nitrogens with zero attached hydrogens (tertiary/aromatic N) is 1. The molecular weight excluding hydrogens is 300 g/mol. The zero-order chi connectivity index (χ0) is 14.3. The topological polar surface area (TPSA) is 68.2 Å². The molecule has 0 bridgehead atoms. The molecule has 3 rings (SSSR count). The van der Waals surface area contributed by atoms with E-state index in [2.05, 4.69) is 5.32 Å². The SMILES string of the molecule is O=C(NCC1CCC1)c1cc(S(=O)(=O)Cl)cn1C1CC1. The molecule has 0 aromatic carbocycles. The smallest absolute Gasteiger partial charge is 0.267 e. The maximum absolute atomic E-state index is 12.2. The van der Waals surface area contributed by atoms with Crippen LogP contribution in [0.5, 0.6) is 0 Å². The summed E-state index contributed by atoms with van der Waals surface area (Å²) in [5.41, 5.74) is 0.394. The highest BCUT2D eigenvalue weighted by Gasteiger charge is 2.30. The maximum atomic E-state index is 12.2. The molecule has 110 valence electrons. The lowest BCUT2D eigenvalue weighted by Gasteiger charge is -2.25. The molecule has 7 heteroatoms. The van der Waals surface area contributed by atoms with Gasteiger partial charge in [-0.3, -0.25) is 4.79 Å². The van der Waals surface area contributed by atoms with Gasteiger partial charge in [0, 0.05) is 29.5 Å². The van der Waals surface area contributed by atoms with Gasteiger partial charge in [0.2, 0.25) is 0 Å². The van der Waals surface area contributed by atoms with Gasteiger partial charge in [-0.1, -0.05) is 6.42 Å². The van der Waals surface area contributed by atoms with Crippen molar-refractivity contribution in [2.45, 2.75) is 43.0 Å². The number of carbonyl (C=O) groups is 1. The fraction of sp³-hybridized carbons (Fsp3) is 0.615. The molecule has 1 amide bonds. The zero-order valence-corrected chi connectivity index (χ0v) is 12.6. The van der Waals surface area contributed by atoms with Crippen LogP contribution in [0.2, 0.25) is 0 Å². The molecule has 2 fully saturated rings. The summed E-state index contributed by atoms with van der Waals surface area (Å²) >= 11 is 0. The number of carbonyl (C=O) groups excluding carboxylic acids is 1. The van der Waals surface area contributed by atoms with Crippen molar-refractivity contribution in [3.63, 3.8) is 0 Å². The molecule has 20 heavy (non-hydrogen) atoms. The van der Waals surface area contributed by atoms with Gasteiger partial charge in [0.25, 0.3) is 15.0 Å². The highest BCUT2D eigenvalue weighted by Crippen LogP contribution is 2.37. The Morgan fingerprint density at radius 3 is 2.55 bits per heavy atom. The number of aromatic nitrogens is 1. The molecule has 0 spiro atoms. The first-order chi connectivity index (χ1) is 9.45. The number of rotatable bonds is 5. The van der Waals surface area contributed by atoms with Crippen molar-refractivity contribution in [2.24, 2.45) is 5.92 Å². The van der Waals surface area contributed by atoms with E-state index in [1.54, 1.807) is 4.57 Å². The summed E-state index contributed by atoms with van der Waals surface area (Å²) in [7, 11) is 1.56. The average Bonchev–Trinajstić information content (AvgIpc) is 3.04. The Balaban J connectivity index is 1.79. The van der Waals surface area contributed by atoms with E-state index >= 15 is 0 Å². The van der Waals surface area contributed by atoms with Crippen LogP contribution in [0.3, 0.4) is 0 Å². The van der Waals surface area contributed by atoms with Crippen LogP contribution in [0.15, 0.2) is 17.2 Å². The van der Waals surface area contributed by atoms with Gasteiger partial charge in [-0.15, -0.1) is 0 Å². The van der Waals surface area contributed by atoms with Gasteiger partial charge in [0.1, 0.15) is 10.6 Å². The fourth-order valence-corrected chi connectivity index (χ4v) is 3.19. The highest BCUT2D eigenvalue weighted by atomic mass is 35.7. The van der Waals surface area contributed by atoms with Crippen LogP contribution in [0.25, 0.3) is 0 Å².